The fourth-order valence-electron chi connectivity index (χ4n) is 5.35. The zero-order chi connectivity index (χ0) is 25.6. The lowest BCUT2D eigenvalue weighted by Crippen LogP contribution is -2.37. The van der Waals surface area contributed by atoms with Gasteiger partial charge in [0.2, 0.25) is 0 Å². The molecule has 1 aliphatic rings. The summed E-state index contributed by atoms with van der Waals surface area (Å²) in [7, 11) is 4.33. The number of aromatic nitrogens is 2. The van der Waals surface area contributed by atoms with E-state index in [0.29, 0.717) is 0 Å². The van der Waals surface area contributed by atoms with Crippen molar-refractivity contribution >= 4 is 17.3 Å². The van der Waals surface area contributed by atoms with Gasteiger partial charge in [0.15, 0.2) is 11.6 Å². The summed E-state index contributed by atoms with van der Waals surface area (Å²) in [5.41, 5.74) is 6.62. The van der Waals surface area contributed by atoms with Gasteiger partial charge < -0.3 is 14.7 Å². The van der Waals surface area contributed by atoms with Gasteiger partial charge >= 0.3 is 0 Å². The molecule has 1 aliphatic heterocycles. The van der Waals surface area contributed by atoms with Gasteiger partial charge in [-0.3, -0.25) is 0 Å². The van der Waals surface area contributed by atoms with Crippen LogP contribution in [0.25, 0.3) is 0 Å². The minimum absolute atomic E-state index is 0.253. The van der Waals surface area contributed by atoms with E-state index in [1.165, 1.54) is 22.3 Å². The highest BCUT2D eigenvalue weighted by Gasteiger charge is 2.29. The summed E-state index contributed by atoms with van der Waals surface area (Å²) in [5, 5.41) is 0. The monoisotopic (exact) mass is 491 g/mol. The minimum Gasteiger partial charge on any atom is -0.368 e. The number of fused-ring (bicyclic) bond motifs is 1. The molecule has 0 aliphatic carbocycles. The molecule has 37 heavy (non-hydrogen) atoms. The van der Waals surface area contributed by atoms with E-state index in [4.69, 9.17) is 9.97 Å². The first-order chi connectivity index (χ1) is 18.1. The summed E-state index contributed by atoms with van der Waals surface area (Å²) in [6.45, 7) is 5.02. The van der Waals surface area contributed by atoms with Crippen molar-refractivity contribution in [3.63, 3.8) is 0 Å². The number of hydrogen-bond donors (Lipinski definition) is 0. The Kier molecular flexibility index (Phi) is 7.69. The standard InChI is InChI=1S/C32H37N5/c1-25-29-17-11-10-16-28(29)20-23-37(25)32-30(35(2)21-18-26-12-6-4-7-13-26)31(33-24-34-32)36(3)22-19-27-14-8-5-9-15-27/h4-17,24-25H,18-23H2,1-3H3. The maximum atomic E-state index is 4.91. The second-order valence-electron chi connectivity index (χ2n) is 10.0. The van der Waals surface area contributed by atoms with Gasteiger partial charge in [-0.15, -0.1) is 0 Å². The molecule has 0 radical (unpaired) electrons. The molecule has 2 heterocycles. The predicted octanol–water partition coefficient (Wildman–Crippen LogP) is 5.96. The summed E-state index contributed by atoms with van der Waals surface area (Å²) in [5.74, 6) is 2.01. The van der Waals surface area contributed by atoms with E-state index in [9.17, 15) is 0 Å². The Morgan fingerprint density at radius 2 is 1.35 bits per heavy atom. The van der Waals surface area contributed by atoms with E-state index >= 15 is 0 Å². The van der Waals surface area contributed by atoms with Crippen LogP contribution in [0.3, 0.4) is 0 Å². The molecule has 1 aromatic heterocycles. The topological polar surface area (TPSA) is 35.5 Å². The molecular weight excluding hydrogens is 454 g/mol. The summed E-state index contributed by atoms with van der Waals surface area (Å²) in [6.07, 6.45) is 4.71. The fourth-order valence-corrected chi connectivity index (χ4v) is 5.35. The molecule has 1 atom stereocenters. The van der Waals surface area contributed by atoms with Crippen molar-refractivity contribution in [2.24, 2.45) is 0 Å². The van der Waals surface area contributed by atoms with E-state index in [2.05, 4.69) is 121 Å². The summed E-state index contributed by atoms with van der Waals surface area (Å²) >= 11 is 0. The molecular formula is C32H37N5. The average Bonchev–Trinajstić information content (AvgIpc) is 2.96. The van der Waals surface area contributed by atoms with E-state index in [1.807, 2.05) is 0 Å². The molecule has 0 amide bonds. The van der Waals surface area contributed by atoms with Crippen LogP contribution in [0.15, 0.2) is 91.3 Å². The Morgan fingerprint density at radius 3 is 2.03 bits per heavy atom. The van der Waals surface area contributed by atoms with Crippen LogP contribution in [0.2, 0.25) is 0 Å². The number of anilines is 3. The van der Waals surface area contributed by atoms with Crippen LogP contribution in [0.5, 0.6) is 0 Å². The largest absolute Gasteiger partial charge is 0.368 e. The number of rotatable bonds is 9. The molecule has 0 saturated heterocycles. The Labute approximate surface area is 221 Å². The smallest absolute Gasteiger partial charge is 0.158 e. The van der Waals surface area contributed by atoms with Crippen LogP contribution in [0.1, 0.15) is 35.2 Å². The van der Waals surface area contributed by atoms with Gasteiger partial charge in [-0.1, -0.05) is 84.9 Å². The van der Waals surface area contributed by atoms with Crippen molar-refractivity contribution in [3.8, 4) is 0 Å². The average molecular weight is 492 g/mol. The minimum atomic E-state index is 0.253. The van der Waals surface area contributed by atoms with Crippen molar-refractivity contribution in [3.05, 3.63) is 114 Å². The van der Waals surface area contributed by atoms with E-state index in [0.717, 1.165) is 56.2 Å². The highest BCUT2D eigenvalue weighted by molar-refractivity contribution is 5.80. The first-order valence-corrected chi connectivity index (χ1v) is 13.3. The van der Waals surface area contributed by atoms with Gasteiger partial charge in [0, 0.05) is 33.7 Å². The summed E-state index contributed by atoms with van der Waals surface area (Å²) < 4.78 is 0. The van der Waals surface area contributed by atoms with E-state index in [-0.39, 0.29) is 6.04 Å². The highest BCUT2D eigenvalue weighted by Crippen LogP contribution is 2.40. The van der Waals surface area contributed by atoms with Crippen LogP contribution in [0.4, 0.5) is 17.3 Å². The van der Waals surface area contributed by atoms with Gasteiger partial charge in [-0.05, 0) is 48.4 Å². The van der Waals surface area contributed by atoms with Crippen LogP contribution in [0, 0.1) is 0 Å². The Bertz CT molecular complexity index is 1290. The Hall–Kier alpha value is -3.86. The molecule has 5 heteroatoms. The highest BCUT2D eigenvalue weighted by atomic mass is 15.3. The molecule has 4 aromatic rings. The van der Waals surface area contributed by atoms with Crippen molar-refractivity contribution in [2.45, 2.75) is 32.2 Å². The summed E-state index contributed by atoms with van der Waals surface area (Å²) in [4.78, 5) is 16.9. The number of nitrogens with zero attached hydrogens (tertiary/aromatic N) is 5. The first kappa shape index (κ1) is 24.8. The molecule has 0 spiro atoms. The molecule has 3 aromatic carbocycles. The third-order valence-electron chi connectivity index (χ3n) is 7.55. The van der Waals surface area contributed by atoms with E-state index in [1.54, 1.807) is 6.33 Å². The molecule has 5 rings (SSSR count). The molecule has 5 nitrogen and oxygen atoms in total. The maximum Gasteiger partial charge on any atom is 0.158 e. The lowest BCUT2D eigenvalue weighted by Gasteiger charge is -2.39. The zero-order valence-corrected chi connectivity index (χ0v) is 22.2. The van der Waals surface area contributed by atoms with Gasteiger partial charge in [-0.2, -0.15) is 0 Å². The lowest BCUT2D eigenvalue weighted by atomic mass is 9.93. The van der Waals surface area contributed by atoms with E-state index < -0.39 is 0 Å². The summed E-state index contributed by atoms with van der Waals surface area (Å²) in [6, 6.07) is 30.5. The molecule has 190 valence electrons. The van der Waals surface area contributed by atoms with Crippen LogP contribution in [-0.4, -0.2) is 43.7 Å². The number of benzene rings is 3. The lowest BCUT2D eigenvalue weighted by molar-refractivity contribution is 0.615. The van der Waals surface area contributed by atoms with Crippen LogP contribution in [-0.2, 0) is 19.3 Å². The van der Waals surface area contributed by atoms with Gasteiger partial charge in [0.25, 0.3) is 0 Å². The van der Waals surface area contributed by atoms with Crippen molar-refractivity contribution < 1.29 is 0 Å². The normalized spacial score (nSPS) is 14.8. The molecule has 0 N–H and O–H groups in total. The Morgan fingerprint density at radius 1 is 0.757 bits per heavy atom. The molecule has 0 fully saturated rings. The molecule has 0 bridgehead atoms. The molecule has 0 saturated carbocycles. The quantitative estimate of drug-likeness (QED) is 0.289. The fraction of sp³-hybridized carbons (Fsp3) is 0.312. The number of hydrogen-bond acceptors (Lipinski definition) is 5. The van der Waals surface area contributed by atoms with Crippen LogP contribution < -0.4 is 14.7 Å². The van der Waals surface area contributed by atoms with Gasteiger partial charge in [-0.25, -0.2) is 9.97 Å². The first-order valence-electron chi connectivity index (χ1n) is 13.3. The third kappa shape index (κ3) is 5.61. The maximum absolute atomic E-state index is 4.91. The van der Waals surface area contributed by atoms with Crippen molar-refractivity contribution in [1.29, 1.82) is 0 Å². The SMILES string of the molecule is CC1c2ccccc2CCN1c1ncnc(N(C)CCc2ccccc2)c1N(C)CCc1ccccc1. The van der Waals surface area contributed by atoms with Gasteiger partial charge in [0.1, 0.15) is 12.0 Å². The number of likely N-dealkylation sites (N-methyl/N-ethyl adjacent to an activating group) is 2. The van der Waals surface area contributed by atoms with Crippen molar-refractivity contribution in [2.75, 3.05) is 48.4 Å². The van der Waals surface area contributed by atoms with Crippen LogP contribution >= 0.6 is 0 Å². The predicted molar refractivity (Wildman–Crippen MR) is 155 cm³/mol. The third-order valence-corrected chi connectivity index (χ3v) is 7.55. The second kappa shape index (κ2) is 11.5. The Balaban J connectivity index is 1.46. The molecule has 1 unspecified atom stereocenters. The van der Waals surface area contributed by atoms with Crippen molar-refractivity contribution in [1.82, 2.24) is 9.97 Å². The zero-order valence-electron chi connectivity index (χ0n) is 22.2. The second-order valence-corrected chi connectivity index (χ2v) is 10.0. The van der Waals surface area contributed by atoms with Gasteiger partial charge in [0.05, 0.1) is 6.04 Å².